The predicted molar refractivity (Wildman–Crippen MR) is 105 cm³/mol. The first-order chi connectivity index (χ1) is 12.4. The molecule has 0 saturated carbocycles. The minimum Gasteiger partial charge on any atom is -0.497 e. The van der Waals surface area contributed by atoms with E-state index in [4.69, 9.17) is 4.74 Å². The lowest BCUT2D eigenvalue weighted by Gasteiger charge is -2.21. The van der Waals surface area contributed by atoms with Gasteiger partial charge in [-0.1, -0.05) is 50.2 Å². The Morgan fingerprint density at radius 1 is 1.00 bits per heavy atom. The molecule has 0 bridgehead atoms. The molecule has 140 valence electrons. The normalized spacial score (nSPS) is 13.3. The highest BCUT2D eigenvalue weighted by molar-refractivity contribution is 5.79. The van der Waals surface area contributed by atoms with E-state index in [1.54, 1.807) is 7.11 Å². The fourth-order valence-corrected chi connectivity index (χ4v) is 2.80. The van der Waals surface area contributed by atoms with E-state index < -0.39 is 0 Å². The zero-order valence-electron chi connectivity index (χ0n) is 16.5. The molecule has 0 aliphatic rings. The largest absolute Gasteiger partial charge is 0.497 e. The maximum absolute atomic E-state index is 12.5. The molecule has 1 amide bonds. The Morgan fingerprint density at radius 3 is 2.12 bits per heavy atom. The van der Waals surface area contributed by atoms with E-state index in [-0.39, 0.29) is 11.9 Å². The van der Waals surface area contributed by atoms with Gasteiger partial charge >= 0.3 is 0 Å². The SMILES string of the molecule is COc1ccc(CNC(=O)[C@@H](C)[NH+](C)Cc2ccc(C(C)C)cc2)cc1. The molecule has 0 spiro atoms. The molecule has 4 nitrogen and oxygen atoms in total. The van der Waals surface area contributed by atoms with Crippen molar-refractivity contribution in [3.8, 4) is 5.75 Å². The zero-order chi connectivity index (χ0) is 19.1. The van der Waals surface area contributed by atoms with Crippen molar-refractivity contribution in [3.05, 3.63) is 65.2 Å². The highest BCUT2D eigenvalue weighted by atomic mass is 16.5. The molecule has 0 aliphatic carbocycles. The number of benzene rings is 2. The van der Waals surface area contributed by atoms with E-state index in [9.17, 15) is 4.79 Å². The number of hydrogen-bond donors (Lipinski definition) is 2. The van der Waals surface area contributed by atoms with Crippen molar-refractivity contribution >= 4 is 5.91 Å². The van der Waals surface area contributed by atoms with Gasteiger partial charge in [0.15, 0.2) is 6.04 Å². The molecule has 2 atom stereocenters. The number of nitrogens with one attached hydrogen (secondary N) is 2. The van der Waals surface area contributed by atoms with Crippen LogP contribution in [0.1, 0.15) is 43.4 Å². The van der Waals surface area contributed by atoms with E-state index in [1.165, 1.54) is 16.0 Å². The average molecular weight is 356 g/mol. The summed E-state index contributed by atoms with van der Waals surface area (Å²) in [7, 11) is 3.71. The number of amides is 1. The lowest BCUT2D eigenvalue weighted by molar-refractivity contribution is -0.908. The van der Waals surface area contributed by atoms with E-state index in [1.807, 2.05) is 31.2 Å². The highest BCUT2D eigenvalue weighted by Crippen LogP contribution is 2.14. The van der Waals surface area contributed by atoms with Crippen molar-refractivity contribution in [1.82, 2.24) is 5.32 Å². The van der Waals surface area contributed by atoms with Crippen LogP contribution in [0.5, 0.6) is 5.75 Å². The van der Waals surface area contributed by atoms with Crippen molar-refractivity contribution in [3.63, 3.8) is 0 Å². The molecular formula is C22H31N2O2+. The Hall–Kier alpha value is -2.33. The van der Waals surface area contributed by atoms with Crippen molar-refractivity contribution in [2.24, 2.45) is 0 Å². The quantitative estimate of drug-likeness (QED) is 0.764. The van der Waals surface area contributed by atoms with Gasteiger partial charge in [-0.3, -0.25) is 4.79 Å². The predicted octanol–water partition coefficient (Wildman–Crippen LogP) is 2.54. The molecule has 1 unspecified atom stereocenters. The Morgan fingerprint density at radius 2 is 1.58 bits per heavy atom. The van der Waals surface area contributed by atoms with E-state index in [2.05, 4.69) is 50.5 Å². The first-order valence-corrected chi connectivity index (χ1v) is 9.22. The smallest absolute Gasteiger partial charge is 0.278 e. The lowest BCUT2D eigenvalue weighted by Crippen LogP contribution is -3.12. The molecule has 2 N–H and O–H groups in total. The molecule has 2 aromatic carbocycles. The van der Waals surface area contributed by atoms with Gasteiger partial charge in [0.1, 0.15) is 12.3 Å². The Balaban J connectivity index is 1.85. The second kappa shape index (κ2) is 9.39. The van der Waals surface area contributed by atoms with E-state index >= 15 is 0 Å². The van der Waals surface area contributed by atoms with Gasteiger partial charge in [0, 0.05) is 12.1 Å². The molecule has 0 saturated heterocycles. The average Bonchev–Trinajstić information content (AvgIpc) is 2.66. The molecule has 0 aliphatic heterocycles. The van der Waals surface area contributed by atoms with Gasteiger partial charge in [0.25, 0.3) is 5.91 Å². The summed E-state index contributed by atoms with van der Waals surface area (Å²) in [5.41, 5.74) is 3.66. The first-order valence-electron chi connectivity index (χ1n) is 9.22. The van der Waals surface area contributed by atoms with Gasteiger partial charge in [-0.25, -0.2) is 0 Å². The van der Waals surface area contributed by atoms with Crippen LogP contribution in [-0.2, 0) is 17.9 Å². The first kappa shape index (κ1) is 20.0. The number of methoxy groups -OCH3 is 1. The zero-order valence-corrected chi connectivity index (χ0v) is 16.5. The highest BCUT2D eigenvalue weighted by Gasteiger charge is 2.21. The summed E-state index contributed by atoms with van der Waals surface area (Å²) in [4.78, 5) is 13.6. The molecule has 4 heteroatoms. The second-order valence-electron chi connectivity index (χ2n) is 7.21. The summed E-state index contributed by atoms with van der Waals surface area (Å²) in [5, 5.41) is 3.03. The molecule has 2 aromatic rings. The Labute approximate surface area is 157 Å². The summed E-state index contributed by atoms with van der Waals surface area (Å²) >= 11 is 0. The number of likely N-dealkylation sites (N-methyl/N-ethyl adjacent to an activating group) is 1. The summed E-state index contributed by atoms with van der Waals surface area (Å²) in [6, 6.07) is 16.3. The van der Waals surface area contributed by atoms with Crippen LogP contribution in [0.15, 0.2) is 48.5 Å². The number of ether oxygens (including phenoxy) is 1. The third kappa shape index (κ3) is 5.60. The van der Waals surface area contributed by atoms with Crippen LogP contribution in [0.4, 0.5) is 0 Å². The van der Waals surface area contributed by atoms with Crippen LogP contribution in [0.25, 0.3) is 0 Å². The standard InChI is InChI=1S/C22H30N2O2/c1-16(2)20-10-6-19(7-11-20)15-24(4)17(3)22(25)23-14-18-8-12-21(26-5)13-9-18/h6-13,16-17H,14-15H2,1-5H3,(H,23,25)/p+1/t17-/m1/s1. The summed E-state index contributed by atoms with van der Waals surface area (Å²) in [6.07, 6.45) is 0. The van der Waals surface area contributed by atoms with Crippen LogP contribution < -0.4 is 15.0 Å². The number of carbonyl (C=O) groups is 1. The molecular weight excluding hydrogens is 324 g/mol. The number of rotatable bonds is 8. The summed E-state index contributed by atoms with van der Waals surface area (Å²) in [5.74, 6) is 1.43. The lowest BCUT2D eigenvalue weighted by atomic mass is 10.0. The van der Waals surface area contributed by atoms with Gasteiger partial charge in [0.05, 0.1) is 14.2 Å². The van der Waals surface area contributed by atoms with Crippen LogP contribution >= 0.6 is 0 Å². The van der Waals surface area contributed by atoms with Crippen molar-refractivity contribution in [2.75, 3.05) is 14.2 Å². The van der Waals surface area contributed by atoms with Gasteiger partial charge in [-0.05, 0) is 36.1 Å². The van der Waals surface area contributed by atoms with Crippen molar-refractivity contribution in [1.29, 1.82) is 0 Å². The number of carbonyl (C=O) groups excluding carboxylic acids is 1. The van der Waals surface area contributed by atoms with Gasteiger partial charge < -0.3 is 15.0 Å². The molecule has 0 aromatic heterocycles. The Bertz CT molecular complexity index is 693. The third-order valence-electron chi connectivity index (χ3n) is 4.89. The minimum absolute atomic E-state index is 0.0668. The molecule has 0 heterocycles. The molecule has 0 fully saturated rings. The van der Waals surface area contributed by atoms with Crippen LogP contribution in [0, 0.1) is 0 Å². The van der Waals surface area contributed by atoms with Crippen molar-refractivity contribution < 1.29 is 14.4 Å². The second-order valence-corrected chi connectivity index (χ2v) is 7.21. The maximum atomic E-state index is 12.5. The monoisotopic (exact) mass is 355 g/mol. The Kier molecular flexibility index (Phi) is 7.22. The van der Waals surface area contributed by atoms with Gasteiger partial charge in [0.2, 0.25) is 0 Å². The van der Waals surface area contributed by atoms with Crippen LogP contribution in [0.2, 0.25) is 0 Å². The molecule has 0 radical (unpaired) electrons. The number of quaternary nitrogens is 1. The van der Waals surface area contributed by atoms with Crippen LogP contribution in [0.3, 0.4) is 0 Å². The fourth-order valence-electron chi connectivity index (χ4n) is 2.80. The minimum atomic E-state index is -0.113. The maximum Gasteiger partial charge on any atom is 0.278 e. The molecule has 2 rings (SSSR count). The summed E-state index contributed by atoms with van der Waals surface area (Å²) in [6.45, 7) is 7.73. The summed E-state index contributed by atoms with van der Waals surface area (Å²) < 4.78 is 5.15. The number of hydrogen-bond acceptors (Lipinski definition) is 2. The topological polar surface area (TPSA) is 42.8 Å². The third-order valence-corrected chi connectivity index (χ3v) is 4.89. The van der Waals surface area contributed by atoms with Gasteiger partial charge in [-0.15, -0.1) is 0 Å². The fraction of sp³-hybridized carbons (Fsp3) is 0.409. The van der Waals surface area contributed by atoms with E-state index in [0.29, 0.717) is 12.5 Å². The van der Waals surface area contributed by atoms with Crippen molar-refractivity contribution in [2.45, 2.75) is 45.8 Å². The molecule has 26 heavy (non-hydrogen) atoms. The van der Waals surface area contributed by atoms with E-state index in [0.717, 1.165) is 17.9 Å². The van der Waals surface area contributed by atoms with Crippen LogP contribution in [-0.4, -0.2) is 26.1 Å². The van der Waals surface area contributed by atoms with Gasteiger partial charge in [-0.2, -0.15) is 0 Å².